The minimum atomic E-state index is -1.15. The van der Waals surface area contributed by atoms with Gasteiger partial charge in [0.1, 0.15) is 16.7 Å². The average molecular weight is 564 g/mol. The first-order valence-electron chi connectivity index (χ1n) is 11.9. The molecule has 1 atom stereocenters. The Bertz CT molecular complexity index is 1620. The van der Waals surface area contributed by atoms with E-state index in [1.54, 1.807) is 42.7 Å². The summed E-state index contributed by atoms with van der Waals surface area (Å²) in [7, 11) is 0. The fraction of sp³-hybridized carbons (Fsp3) is 0.111. The minimum Gasteiger partial charge on any atom is -0.465 e. The van der Waals surface area contributed by atoms with Gasteiger partial charge in [0, 0.05) is 28.4 Å². The Labute approximate surface area is 232 Å². The number of hydrogen-bond donors (Lipinski definition) is 6. The van der Waals surface area contributed by atoms with Crippen molar-refractivity contribution in [3.63, 3.8) is 0 Å². The number of amides is 3. The Kier molecular flexibility index (Phi) is 7.67. The number of carbonyl (C=O) groups is 2. The Morgan fingerprint density at radius 1 is 1.03 bits per heavy atom. The molecule has 0 saturated heterocycles. The van der Waals surface area contributed by atoms with Crippen molar-refractivity contribution >= 4 is 52.0 Å². The van der Waals surface area contributed by atoms with Crippen LogP contribution in [0.3, 0.4) is 0 Å². The highest BCUT2D eigenvalue weighted by atomic mass is 35.5. The van der Waals surface area contributed by atoms with Gasteiger partial charge in [-0.1, -0.05) is 65.7 Å². The maximum Gasteiger partial charge on any atom is 0.409 e. The molecule has 0 aliphatic carbocycles. The molecule has 3 aromatic carbocycles. The van der Waals surface area contributed by atoms with E-state index in [-0.39, 0.29) is 6.54 Å². The van der Waals surface area contributed by atoms with Gasteiger partial charge in [0.25, 0.3) is 0 Å². The second kappa shape index (κ2) is 11.5. The first kappa shape index (κ1) is 26.1. The summed E-state index contributed by atoms with van der Waals surface area (Å²) in [4.78, 5) is 39.0. The van der Waals surface area contributed by atoms with E-state index in [1.165, 1.54) is 0 Å². The number of carboxylic acid groups (broad SMARTS) is 1. The Balaban J connectivity index is 1.36. The van der Waals surface area contributed by atoms with Crippen LogP contribution in [0.25, 0.3) is 22.3 Å². The normalized spacial score (nSPS) is 11.7. The van der Waals surface area contributed by atoms with Crippen molar-refractivity contribution in [3.05, 3.63) is 100 Å². The molecule has 0 spiro atoms. The molecule has 6 N–H and O–H groups in total. The smallest absolute Gasteiger partial charge is 0.409 e. The summed E-state index contributed by atoms with van der Waals surface area (Å²) >= 11 is 12.7. The molecule has 1 unspecified atom stereocenters. The number of aromatic amines is 2. The summed E-state index contributed by atoms with van der Waals surface area (Å²) in [6.45, 7) is 0.215. The third-order valence-electron chi connectivity index (χ3n) is 6.01. The van der Waals surface area contributed by atoms with E-state index in [0.717, 1.165) is 22.2 Å². The van der Waals surface area contributed by atoms with E-state index >= 15 is 0 Å². The molecule has 10 nitrogen and oxygen atoms in total. The second-order valence-electron chi connectivity index (χ2n) is 8.73. The monoisotopic (exact) mass is 563 g/mol. The summed E-state index contributed by atoms with van der Waals surface area (Å²) in [6, 6.07) is 19.0. The third-order valence-corrected chi connectivity index (χ3v) is 6.50. The van der Waals surface area contributed by atoms with Gasteiger partial charge < -0.3 is 25.7 Å². The highest BCUT2D eigenvalue weighted by Crippen LogP contribution is 2.29. The average Bonchev–Trinajstić information content (AvgIpc) is 3.54. The second-order valence-corrected chi connectivity index (χ2v) is 9.54. The van der Waals surface area contributed by atoms with Gasteiger partial charge in [-0.2, -0.15) is 0 Å². The zero-order valence-corrected chi connectivity index (χ0v) is 21.8. The summed E-state index contributed by atoms with van der Waals surface area (Å²) in [6.07, 6.45) is 0.884. The van der Waals surface area contributed by atoms with Crippen LogP contribution >= 0.6 is 23.2 Å². The fourth-order valence-electron chi connectivity index (χ4n) is 4.23. The van der Waals surface area contributed by atoms with Gasteiger partial charge >= 0.3 is 12.1 Å². The van der Waals surface area contributed by atoms with Crippen molar-refractivity contribution in [1.29, 1.82) is 0 Å². The number of carbonyl (C=O) groups excluding carboxylic acids is 1. The van der Waals surface area contributed by atoms with E-state index in [1.807, 2.05) is 30.3 Å². The SMILES string of the molecule is O=C(O)Nc1ccc(-c2nc(C(Cc3ccccc3)NC(=O)NCc3cc(Cl)cc4[nH]cnc34)[nH]c2Cl)cc1. The maximum atomic E-state index is 13.0. The van der Waals surface area contributed by atoms with E-state index < -0.39 is 18.2 Å². The van der Waals surface area contributed by atoms with Gasteiger partial charge in [0.05, 0.1) is 23.4 Å². The highest BCUT2D eigenvalue weighted by Gasteiger charge is 2.22. The predicted octanol–water partition coefficient (Wildman–Crippen LogP) is 6.13. The number of anilines is 1. The topological polar surface area (TPSA) is 148 Å². The zero-order chi connectivity index (χ0) is 27.4. The molecular formula is C27H23Cl2N7O3. The Hall–Kier alpha value is -4.54. The molecule has 0 aliphatic rings. The Morgan fingerprint density at radius 3 is 2.54 bits per heavy atom. The number of nitrogens with one attached hydrogen (secondary N) is 5. The van der Waals surface area contributed by atoms with Crippen molar-refractivity contribution in [3.8, 4) is 11.3 Å². The molecule has 3 amide bonds. The number of hydrogen-bond acceptors (Lipinski definition) is 4. The van der Waals surface area contributed by atoms with Gasteiger partial charge in [-0.3, -0.25) is 5.32 Å². The van der Waals surface area contributed by atoms with E-state index in [4.69, 9.17) is 28.3 Å². The molecule has 0 aliphatic heterocycles. The molecule has 0 fully saturated rings. The molecule has 0 bridgehead atoms. The number of aromatic nitrogens is 4. The first-order valence-corrected chi connectivity index (χ1v) is 12.7. The number of urea groups is 1. The molecular weight excluding hydrogens is 541 g/mol. The van der Waals surface area contributed by atoms with Gasteiger partial charge in [-0.25, -0.2) is 19.6 Å². The largest absolute Gasteiger partial charge is 0.465 e. The number of halogens is 2. The summed E-state index contributed by atoms with van der Waals surface area (Å²) in [5.41, 5.74) is 4.87. The number of benzene rings is 3. The molecule has 5 rings (SSSR count). The van der Waals surface area contributed by atoms with Gasteiger partial charge in [0.15, 0.2) is 0 Å². The standard InChI is InChI=1S/C27H23Cl2N7O3/c28-18-11-17(22-20(12-18)31-14-32-22)13-30-26(37)34-21(10-15-4-2-1-3-5-15)25-35-23(24(29)36-25)16-6-8-19(9-7-16)33-27(38)39/h1-9,11-12,14,21,33H,10,13H2,(H,31,32)(H,35,36)(H,38,39)(H2,30,34,37). The quantitative estimate of drug-likeness (QED) is 0.134. The summed E-state index contributed by atoms with van der Waals surface area (Å²) in [5, 5.41) is 17.9. The van der Waals surface area contributed by atoms with Crippen LogP contribution in [-0.2, 0) is 13.0 Å². The molecule has 2 aromatic heterocycles. The maximum absolute atomic E-state index is 13.0. The molecule has 5 aromatic rings. The van der Waals surface area contributed by atoms with Crippen LogP contribution in [0.1, 0.15) is 23.0 Å². The van der Waals surface area contributed by atoms with Crippen LogP contribution < -0.4 is 16.0 Å². The van der Waals surface area contributed by atoms with Crippen molar-refractivity contribution in [2.45, 2.75) is 19.0 Å². The number of fused-ring (bicyclic) bond motifs is 1. The lowest BCUT2D eigenvalue weighted by molar-refractivity contribution is 0.209. The lowest BCUT2D eigenvalue weighted by atomic mass is 10.1. The number of nitrogens with zero attached hydrogens (tertiary/aromatic N) is 2. The van der Waals surface area contributed by atoms with E-state index in [9.17, 15) is 9.59 Å². The number of H-pyrrole nitrogens is 2. The predicted molar refractivity (Wildman–Crippen MR) is 150 cm³/mol. The van der Waals surface area contributed by atoms with Crippen LogP contribution in [0, 0.1) is 0 Å². The highest BCUT2D eigenvalue weighted by molar-refractivity contribution is 6.32. The van der Waals surface area contributed by atoms with Crippen molar-refractivity contribution in [2.24, 2.45) is 0 Å². The van der Waals surface area contributed by atoms with Crippen molar-refractivity contribution in [1.82, 2.24) is 30.6 Å². The zero-order valence-electron chi connectivity index (χ0n) is 20.3. The molecule has 0 saturated carbocycles. The van der Waals surface area contributed by atoms with Crippen LogP contribution in [0.4, 0.5) is 15.3 Å². The first-order chi connectivity index (χ1) is 18.9. The molecule has 12 heteroatoms. The third kappa shape index (κ3) is 6.31. The molecule has 198 valence electrons. The lowest BCUT2D eigenvalue weighted by Gasteiger charge is -2.18. The van der Waals surface area contributed by atoms with Crippen LogP contribution in [0.2, 0.25) is 10.2 Å². The Morgan fingerprint density at radius 2 is 1.79 bits per heavy atom. The minimum absolute atomic E-state index is 0.215. The van der Waals surface area contributed by atoms with Crippen LogP contribution in [-0.4, -0.2) is 37.2 Å². The molecule has 2 heterocycles. The number of rotatable bonds is 8. The fourth-order valence-corrected chi connectivity index (χ4v) is 4.72. The summed E-state index contributed by atoms with van der Waals surface area (Å²) < 4.78 is 0. The lowest BCUT2D eigenvalue weighted by Crippen LogP contribution is -2.38. The van der Waals surface area contributed by atoms with E-state index in [2.05, 4.69) is 35.9 Å². The summed E-state index contributed by atoms with van der Waals surface area (Å²) in [5.74, 6) is 0.471. The molecule has 0 radical (unpaired) electrons. The van der Waals surface area contributed by atoms with Crippen LogP contribution in [0.15, 0.2) is 73.1 Å². The van der Waals surface area contributed by atoms with Gasteiger partial charge in [-0.15, -0.1) is 0 Å². The van der Waals surface area contributed by atoms with Crippen molar-refractivity contribution in [2.75, 3.05) is 5.32 Å². The van der Waals surface area contributed by atoms with E-state index in [0.29, 0.717) is 39.4 Å². The van der Waals surface area contributed by atoms with Gasteiger partial charge in [0.2, 0.25) is 0 Å². The van der Waals surface area contributed by atoms with Crippen molar-refractivity contribution < 1.29 is 14.7 Å². The molecule has 39 heavy (non-hydrogen) atoms. The van der Waals surface area contributed by atoms with Crippen LogP contribution in [0.5, 0.6) is 0 Å². The number of imidazole rings is 2. The van der Waals surface area contributed by atoms with Gasteiger partial charge in [-0.05, 0) is 36.2 Å².